The third-order valence-electron chi connectivity index (χ3n) is 5.58. The molecule has 0 unspecified atom stereocenters. The van der Waals surface area contributed by atoms with E-state index in [0.717, 1.165) is 5.56 Å². The molecule has 1 N–H and O–H groups in total. The van der Waals surface area contributed by atoms with E-state index in [-0.39, 0.29) is 29.6 Å². The van der Waals surface area contributed by atoms with Crippen molar-refractivity contribution >= 4 is 40.8 Å². The van der Waals surface area contributed by atoms with E-state index < -0.39 is 18.5 Å². The molecule has 0 bridgehead atoms. The highest BCUT2D eigenvalue weighted by molar-refractivity contribution is 6.30. The van der Waals surface area contributed by atoms with E-state index in [1.807, 2.05) is 31.2 Å². The number of benzene rings is 2. The molecule has 176 valence electrons. The third-order valence-corrected chi connectivity index (χ3v) is 5.83. The molecule has 4 rings (SSSR count). The van der Waals surface area contributed by atoms with Gasteiger partial charge in [0.15, 0.2) is 6.61 Å². The zero-order valence-corrected chi connectivity index (χ0v) is 19.2. The molecule has 1 aromatic heterocycles. The fourth-order valence-corrected chi connectivity index (χ4v) is 4.33. The van der Waals surface area contributed by atoms with Crippen LogP contribution in [0.3, 0.4) is 0 Å². The minimum atomic E-state index is -1.17. The predicted octanol–water partition coefficient (Wildman–Crippen LogP) is 4.32. The van der Waals surface area contributed by atoms with E-state index in [1.54, 1.807) is 34.1 Å². The highest BCUT2D eigenvalue weighted by Crippen LogP contribution is 2.43. The van der Waals surface area contributed by atoms with Crippen LogP contribution in [0.2, 0.25) is 5.02 Å². The van der Waals surface area contributed by atoms with Crippen molar-refractivity contribution in [3.63, 3.8) is 0 Å². The Kier molecular flexibility index (Phi) is 6.56. The van der Waals surface area contributed by atoms with Crippen molar-refractivity contribution in [2.45, 2.75) is 32.4 Å². The second kappa shape index (κ2) is 9.56. The number of carbonyl (C=O) groups is 3. The maximum atomic E-state index is 13.4. The van der Waals surface area contributed by atoms with Crippen LogP contribution in [0.25, 0.3) is 0 Å². The molecule has 0 spiro atoms. The number of fused-ring (bicyclic) bond motifs is 1. The molecule has 1 aliphatic heterocycles. The number of carboxylic acid groups (broad SMARTS) is 1. The van der Waals surface area contributed by atoms with E-state index >= 15 is 0 Å². The summed E-state index contributed by atoms with van der Waals surface area (Å²) < 4.78 is 10.1. The summed E-state index contributed by atoms with van der Waals surface area (Å²) in [4.78, 5) is 40.1. The van der Waals surface area contributed by atoms with E-state index in [1.165, 1.54) is 13.0 Å². The van der Waals surface area contributed by atoms with Gasteiger partial charge in [-0.2, -0.15) is 0 Å². The molecular weight excluding hydrogens is 462 g/mol. The SMILES string of the molecule is CC(=O)N(c1ccc(Cl)cc1)[C@@H]1C[C@@H](C)N(C(=O)c2cc(OCC(=O)O)no2)c2ccccc21. The number of carbonyl (C=O) groups excluding carboxylic acids is 2. The third kappa shape index (κ3) is 4.60. The smallest absolute Gasteiger partial charge is 0.341 e. The quantitative estimate of drug-likeness (QED) is 0.555. The number of nitrogens with zero attached hydrogens (tertiary/aromatic N) is 3. The van der Waals surface area contributed by atoms with Crippen LogP contribution >= 0.6 is 11.6 Å². The molecular formula is C24H22ClN3O6. The lowest BCUT2D eigenvalue weighted by molar-refractivity contribution is -0.139. The van der Waals surface area contributed by atoms with Crippen LogP contribution in [0.15, 0.2) is 59.1 Å². The van der Waals surface area contributed by atoms with Crippen molar-refractivity contribution in [1.82, 2.24) is 5.16 Å². The lowest BCUT2D eigenvalue weighted by atomic mass is 9.89. The normalized spacial score (nSPS) is 17.1. The van der Waals surface area contributed by atoms with Gasteiger partial charge in [0.2, 0.25) is 11.7 Å². The number of para-hydroxylation sites is 1. The Morgan fingerprint density at radius 1 is 1.21 bits per heavy atom. The maximum absolute atomic E-state index is 13.4. The van der Waals surface area contributed by atoms with E-state index in [2.05, 4.69) is 5.16 Å². The molecule has 0 fully saturated rings. The van der Waals surface area contributed by atoms with Gasteiger partial charge < -0.3 is 24.2 Å². The Bertz CT molecular complexity index is 1230. The number of rotatable bonds is 6. The first kappa shape index (κ1) is 23.3. The van der Waals surface area contributed by atoms with Gasteiger partial charge >= 0.3 is 5.97 Å². The van der Waals surface area contributed by atoms with Crippen molar-refractivity contribution in [2.24, 2.45) is 0 Å². The highest BCUT2D eigenvalue weighted by atomic mass is 35.5. The molecule has 2 amide bonds. The van der Waals surface area contributed by atoms with E-state index in [0.29, 0.717) is 22.8 Å². The van der Waals surface area contributed by atoms with Crippen LogP contribution in [0.5, 0.6) is 5.88 Å². The average Bonchev–Trinajstić information content (AvgIpc) is 3.28. The standard InChI is InChI=1S/C24H22ClN3O6/c1-14-11-20(28(15(2)29)17-9-7-16(25)8-10-17)18-5-3-4-6-19(18)27(14)24(32)21-12-22(26-34-21)33-13-23(30)31/h3-10,12,14,20H,11,13H2,1-2H3,(H,30,31)/t14-,20-/m1/s1. The Hall–Kier alpha value is -3.85. The second-order valence-electron chi connectivity index (χ2n) is 7.91. The monoisotopic (exact) mass is 483 g/mol. The lowest BCUT2D eigenvalue weighted by Gasteiger charge is -2.43. The van der Waals surface area contributed by atoms with Crippen molar-refractivity contribution in [1.29, 1.82) is 0 Å². The van der Waals surface area contributed by atoms with Gasteiger partial charge in [-0.3, -0.25) is 9.59 Å². The fourth-order valence-electron chi connectivity index (χ4n) is 4.20. The van der Waals surface area contributed by atoms with Gasteiger partial charge in [0, 0.05) is 29.4 Å². The first-order valence-electron chi connectivity index (χ1n) is 10.6. The number of amides is 2. The summed E-state index contributed by atoms with van der Waals surface area (Å²) in [6, 6.07) is 15.1. The van der Waals surface area contributed by atoms with Gasteiger partial charge in [-0.1, -0.05) is 29.8 Å². The van der Waals surface area contributed by atoms with Crippen molar-refractivity contribution in [2.75, 3.05) is 16.4 Å². The maximum Gasteiger partial charge on any atom is 0.341 e. The Balaban J connectivity index is 1.68. The molecule has 3 aromatic rings. The van der Waals surface area contributed by atoms with Gasteiger partial charge in [0.05, 0.1) is 12.1 Å². The molecule has 9 nitrogen and oxygen atoms in total. The van der Waals surface area contributed by atoms with E-state index in [4.69, 9.17) is 26.0 Å². The van der Waals surface area contributed by atoms with Crippen LogP contribution < -0.4 is 14.5 Å². The summed E-state index contributed by atoms with van der Waals surface area (Å²) in [5.74, 6) is -1.92. The Morgan fingerprint density at radius 3 is 2.59 bits per heavy atom. The van der Waals surface area contributed by atoms with Crippen LogP contribution in [0.4, 0.5) is 11.4 Å². The second-order valence-corrected chi connectivity index (χ2v) is 8.35. The minimum Gasteiger partial charge on any atom is -0.479 e. The average molecular weight is 484 g/mol. The molecule has 1 aliphatic rings. The number of hydrogen-bond acceptors (Lipinski definition) is 6. The van der Waals surface area contributed by atoms with Gasteiger partial charge in [-0.05, 0) is 54.4 Å². The Labute approximate surface area is 200 Å². The molecule has 0 radical (unpaired) electrons. The zero-order chi connectivity index (χ0) is 24.4. The van der Waals surface area contributed by atoms with Gasteiger partial charge in [-0.25, -0.2) is 4.79 Å². The summed E-state index contributed by atoms with van der Waals surface area (Å²) >= 11 is 6.04. The summed E-state index contributed by atoms with van der Waals surface area (Å²) in [5, 5.41) is 12.9. The van der Waals surface area contributed by atoms with Crippen molar-refractivity contribution < 1.29 is 28.8 Å². The van der Waals surface area contributed by atoms with Crippen LogP contribution in [-0.4, -0.2) is 40.7 Å². The zero-order valence-electron chi connectivity index (χ0n) is 18.5. The number of aliphatic carboxylic acids is 1. The topological polar surface area (TPSA) is 113 Å². The highest BCUT2D eigenvalue weighted by Gasteiger charge is 2.39. The predicted molar refractivity (Wildman–Crippen MR) is 124 cm³/mol. The number of ether oxygens (including phenoxy) is 1. The number of anilines is 2. The lowest BCUT2D eigenvalue weighted by Crippen LogP contribution is -2.47. The largest absolute Gasteiger partial charge is 0.479 e. The molecule has 34 heavy (non-hydrogen) atoms. The fraction of sp³-hybridized carbons (Fsp3) is 0.250. The Morgan fingerprint density at radius 2 is 1.91 bits per heavy atom. The van der Waals surface area contributed by atoms with Crippen molar-refractivity contribution in [3.8, 4) is 5.88 Å². The first-order valence-corrected chi connectivity index (χ1v) is 10.9. The van der Waals surface area contributed by atoms with Gasteiger partial charge in [0.1, 0.15) is 0 Å². The van der Waals surface area contributed by atoms with Crippen molar-refractivity contribution in [3.05, 3.63) is 70.9 Å². The molecule has 0 saturated carbocycles. The molecule has 2 atom stereocenters. The van der Waals surface area contributed by atoms with Crippen LogP contribution in [0, 0.1) is 0 Å². The van der Waals surface area contributed by atoms with E-state index in [9.17, 15) is 14.4 Å². The molecule has 10 heteroatoms. The number of aromatic nitrogens is 1. The molecule has 2 aromatic carbocycles. The molecule has 2 heterocycles. The summed E-state index contributed by atoms with van der Waals surface area (Å²) in [5.41, 5.74) is 2.15. The molecule has 0 saturated heterocycles. The number of carboxylic acids is 1. The number of halogens is 1. The first-order chi connectivity index (χ1) is 16.3. The summed E-state index contributed by atoms with van der Waals surface area (Å²) in [7, 11) is 0. The molecule has 0 aliphatic carbocycles. The van der Waals surface area contributed by atoms with Gasteiger partial charge in [-0.15, -0.1) is 0 Å². The summed E-state index contributed by atoms with van der Waals surface area (Å²) in [6.07, 6.45) is 0.474. The summed E-state index contributed by atoms with van der Waals surface area (Å²) in [6.45, 7) is 2.79. The van der Waals surface area contributed by atoms with Crippen LogP contribution in [-0.2, 0) is 9.59 Å². The van der Waals surface area contributed by atoms with Gasteiger partial charge in [0.25, 0.3) is 11.8 Å². The minimum absolute atomic E-state index is 0.0818. The number of hydrogen-bond donors (Lipinski definition) is 1. The van der Waals surface area contributed by atoms with Crippen LogP contribution in [0.1, 0.15) is 42.4 Å².